The van der Waals surface area contributed by atoms with Crippen molar-refractivity contribution in [2.24, 2.45) is 0 Å². The number of carbonyl (C=O) groups excluding carboxylic acids is 1. The van der Waals surface area contributed by atoms with Crippen LogP contribution < -0.4 is 10.6 Å². The van der Waals surface area contributed by atoms with Gasteiger partial charge in [-0.3, -0.25) is 4.79 Å². The van der Waals surface area contributed by atoms with Crippen LogP contribution in [0.2, 0.25) is 10.0 Å². The number of aryl methyl sites for hydroxylation is 1. The molecule has 186 valence electrons. The largest absolute Gasteiger partial charge is 0.390 e. The second-order valence-electron chi connectivity index (χ2n) is 8.44. The molecule has 2 atom stereocenters. The number of benzene rings is 3. The summed E-state index contributed by atoms with van der Waals surface area (Å²) >= 11 is 12.1. The average molecular weight is 521 g/mol. The first-order chi connectivity index (χ1) is 16.7. The summed E-state index contributed by atoms with van der Waals surface area (Å²) in [6.07, 6.45) is -0.0797. The van der Waals surface area contributed by atoms with Crippen molar-refractivity contribution in [3.63, 3.8) is 0 Å². The number of hydrogen-bond acceptors (Lipinski definition) is 3. The van der Waals surface area contributed by atoms with E-state index in [2.05, 4.69) is 29.7 Å². The highest BCUT2D eigenvalue weighted by Crippen LogP contribution is 2.21. The zero-order chi connectivity index (χ0) is 25.4. The molecule has 0 radical (unpaired) electrons. The van der Waals surface area contributed by atoms with Crippen molar-refractivity contribution in [1.29, 1.82) is 0 Å². The van der Waals surface area contributed by atoms with Crippen LogP contribution in [0.4, 0.5) is 8.78 Å². The second-order valence-corrected chi connectivity index (χ2v) is 9.28. The van der Waals surface area contributed by atoms with Gasteiger partial charge in [-0.1, -0.05) is 60.5 Å². The Balaban J connectivity index is 1.68. The van der Waals surface area contributed by atoms with Gasteiger partial charge in [0.05, 0.1) is 18.6 Å². The summed E-state index contributed by atoms with van der Waals surface area (Å²) in [5.41, 5.74) is 3.19. The van der Waals surface area contributed by atoms with E-state index in [1.807, 2.05) is 12.1 Å². The molecule has 0 heterocycles. The van der Waals surface area contributed by atoms with Crippen LogP contribution in [0.5, 0.6) is 0 Å². The van der Waals surface area contributed by atoms with Crippen LogP contribution in [0.3, 0.4) is 0 Å². The van der Waals surface area contributed by atoms with Gasteiger partial charge >= 0.3 is 0 Å². The molecule has 0 unspecified atom stereocenters. The maximum absolute atomic E-state index is 13.7. The summed E-state index contributed by atoms with van der Waals surface area (Å²) in [6.45, 7) is 2.78. The number of amides is 1. The lowest BCUT2D eigenvalue weighted by Crippen LogP contribution is -2.49. The number of halogens is 4. The van der Waals surface area contributed by atoms with Crippen LogP contribution in [-0.4, -0.2) is 29.7 Å². The van der Waals surface area contributed by atoms with E-state index in [0.717, 1.165) is 18.1 Å². The Morgan fingerprint density at radius 3 is 2.37 bits per heavy atom. The minimum Gasteiger partial charge on any atom is -0.390 e. The quantitative estimate of drug-likeness (QED) is 0.323. The van der Waals surface area contributed by atoms with Gasteiger partial charge in [-0.05, 0) is 59.4 Å². The summed E-state index contributed by atoms with van der Waals surface area (Å²) in [5, 5.41) is 17.7. The molecule has 0 spiro atoms. The van der Waals surface area contributed by atoms with Gasteiger partial charge in [0.15, 0.2) is 0 Å². The number of aliphatic hydroxyl groups excluding tert-OH is 1. The van der Waals surface area contributed by atoms with Crippen molar-refractivity contribution < 1.29 is 18.7 Å². The topological polar surface area (TPSA) is 61.4 Å². The molecular weight excluding hydrogens is 493 g/mol. The molecule has 35 heavy (non-hydrogen) atoms. The highest BCUT2D eigenvalue weighted by Gasteiger charge is 2.23. The smallest absolute Gasteiger partial charge is 0.224 e. The van der Waals surface area contributed by atoms with Crippen molar-refractivity contribution in [1.82, 2.24) is 10.6 Å². The summed E-state index contributed by atoms with van der Waals surface area (Å²) in [5.74, 6) is -1.83. The molecule has 3 N–H and O–H groups in total. The van der Waals surface area contributed by atoms with Gasteiger partial charge in [0.1, 0.15) is 11.6 Å². The summed E-state index contributed by atoms with van der Waals surface area (Å²) in [4.78, 5) is 12.8. The molecule has 0 saturated carbocycles. The molecule has 0 aliphatic carbocycles. The fourth-order valence-electron chi connectivity index (χ4n) is 3.83. The first-order valence-corrected chi connectivity index (χ1v) is 12.1. The van der Waals surface area contributed by atoms with Gasteiger partial charge in [0.2, 0.25) is 5.91 Å². The first-order valence-electron chi connectivity index (χ1n) is 11.4. The molecule has 3 rings (SSSR count). The molecule has 1 amide bonds. The Bertz CT molecular complexity index is 1140. The van der Waals surface area contributed by atoms with Gasteiger partial charge in [-0.2, -0.15) is 0 Å². The Kier molecular flexibility index (Phi) is 10.0. The van der Waals surface area contributed by atoms with Crippen LogP contribution >= 0.6 is 23.2 Å². The molecule has 0 aliphatic heterocycles. The zero-order valence-corrected chi connectivity index (χ0v) is 20.8. The third-order valence-corrected chi connectivity index (χ3v) is 6.22. The molecule has 4 nitrogen and oxygen atoms in total. The number of nitrogens with one attached hydrogen (secondary N) is 2. The van der Waals surface area contributed by atoms with E-state index in [9.17, 15) is 18.7 Å². The predicted octanol–water partition coefficient (Wildman–Crippen LogP) is 5.25. The average Bonchev–Trinajstić information content (AvgIpc) is 2.80. The minimum atomic E-state index is -1.01. The number of carbonyl (C=O) groups is 1. The van der Waals surface area contributed by atoms with Gasteiger partial charge < -0.3 is 15.7 Å². The van der Waals surface area contributed by atoms with E-state index < -0.39 is 23.8 Å². The molecular formula is C27H28Cl2F2N2O2. The summed E-state index contributed by atoms with van der Waals surface area (Å²) in [7, 11) is 0. The van der Waals surface area contributed by atoms with Gasteiger partial charge in [-0.15, -0.1) is 0 Å². The number of rotatable bonds is 11. The fraction of sp³-hybridized carbons (Fsp3) is 0.296. The third kappa shape index (κ3) is 8.58. The van der Waals surface area contributed by atoms with E-state index >= 15 is 0 Å². The predicted molar refractivity (Wildman–Crippen MR) is 136 cm³/mol. The highest BCUT2D eigenvalue weighted by molar-refractivity contribution is 6.35. The van der Waals surface area contributed by atoms with Crippen molar-refractivity contribution >= 4 is 29.1 Å². The lowest BCUT2D eigenvalue weighted by Gasteiger charge is -2.25. The molecule has 0 saturated heterocycles. The van der Waals surface area contributed by atoms with Crippen LogP contribution in [0.25, 0.3) is 0 Å². The highest BCUT2D eigenvalue weighted by atomic mass is 35.5. The first kappa shape index (κ1) is 27.1. The lowest BCUT2D eigenvalue weighted by molar-refractivity contribution is -0.122. The summed E-state index contributed by atoms with van der Waals surface area (Å²) < 4.78 is 27.5. The molecule has 0 fully saturated rings. The van der Waals surface area contributed by atoms with Crippen molar-refractivity contribution in [2.75, 3.05) is 6.54 Å². The SMILES string of the molecule is CCc1cccc(CNC[C@@H](O)[C@H](Cc2cc(F)cc(F)c2)NC(=O)Cc2ccc(Cl)cc2Cl)c1. The van der Waals surface area contributed by atoms with Crippen LogP contribution in [0, 0.1) is 11.6 Å². The minimum absolute atomic E-state index is 0.0338. The molecule has 3 aromatic rings. The lowest BCUT2D eigenvalue weighted by atomic mass is 10.00. The summed E-state index contributed by atoms with van der Waals surface area (Å²) in [6, 6.07) is 15.3. The maximum Gasteiger partial charge on any atom is 0.224 e. The van der Waals surface area contributed by atoms with Crippen molar-refractivity contribution in [3.8, 4) is 0 Å². The molecule has 0 aliphatic rings. The number of hydrogen-bond donors (Lipinski definition) is 3. The zero-order valence-electron chi connectivity index (χ0n) is 19.3. The van der Waals surface area contributed by atoms with Crippen molar-refractivity contribution in [3.05, 3.63) is 105 Å². The molecule has 0 aromatic heterocycles. The Hall–Kier alpha value is -2.51. The fourth-order valence-corrected chi connectivity index (χ4v) is 4.30. The van der Waals surface area contributed by atoms with Crippen LogP contribution in [0.1, 0.15) is 29.2 Å². The monoisotopic (exact) mass is 520 g/mol. The van der Waals surface area contributed by atoms with E-state index in [4.69, 9.17) is 23.2 Å². The third-order valence-electron chi connectivity index (χ3n) is 5.64. The van der Waals surface area contributed by atoms with Crippen LogP contribution in [0.15, 0.2) is 60.7 Å². The van der Waals surface area contributed by atoms with E-state index in [1.54, 1.807) is 18.2 Å². The number of aliphatic hydroxyl groups is 1. The Morgan fingerprint density at radius 1 is 0.971 bits per heavy atom. The standard InChI is InChI=1S/C27H28Cl2F2N2O2/c1-2-17-4-3-5-18(8-17)15-32-16-26(34)25(11-19-9-22(30)14-23(31)10-19)33-27(35)12-20-6-7-21(28)13-24(20)29/h3-10,13-14,25-26,32,34H,2,11-12,15-16H2,1H3,(H,33,35)/t25-,26+/m0/s1. The maximum atomic E-state index is 13.7. The van der Waals surface area contributed by atoms with Gasteiger partial charge in [0, 0.05) is 29.2 Å². The molecule has 3 aromatic carbocycles. The van der Waals surface area contributed by atoms with E-state index in [-0.39, 0.29) is 25.3 Å². The molecule has 8 heteroatoms. The van der Waals surface area contributed by atoms with Gasteiger partial charge in [0.25, 0.3) is 0 Å². The van der Waals surface area contributed by atoms with Crippen LogP contribution in [-0.2, 0) is 30.6 Å². The van der Waals surface area contributed by atoms with E-state index in [0.29, 0.717) is 27.7 Å². The Morgan fingerprint density at radius 2 is 1.69 bits per heavy atom. The molecule has 0 bridgehead atoms. The van der Waals surface area contributed by atoms with Gasteiger partial charge in [-0.25, -0.2) is 8.78 Å². The Labute approximate surface area is 214 Å². The normalized spacial score (nSPS) is 12.9. The van der Waals surface area contributed by atoms with Crippen molar-refractivity contribution in [2.45, 2.75) is 44.9 Å². The second kappa shape index (κ2) is 13.0. The van der Waals surface area contributed by atoms with E-state index in [1.165, 1.54) is 17.7 Å².